The second-order valence-electron chi connectivity index (χ2n) is 7.96. The molecule has 0 spiro atoms. The van der Waals surface area contributed by atoms with Gasteiger partial charge in [-0.3, -0.25) is 4.79 Å². The fourth-order valence-electron chi connectivity index (χ4n) is 2.32. The standard InChI is InChI=1S/C21H28ClNO2Si/c1-21(2,3)26(4,5)25-19-13-9-12-18(14-19)23(20(24)15-22)16-17-10-7-6-8-11-17/h6-14H,15-16H2,1-5H3. The summed E-state index contributed by atoms with van der Waals surface area (Å²) in [4.78, 5) is 14.1. The van der Waals surface area contributed by atoms with E-state index in [1.165, 1.54) is 0 Å². The maximum absolute atomic E-state index is 12.4. The number of benzene rings is 2. The predicted octanol–water partition coefficient (Wildman–Crippen LogP) is 5.84. The largest absolute Gasteiger partial charge is 0.543 e. The highest BCUT2D eigenvalue weighted by atomic mass is 35.5. The number of amides is 1. The molecule has 0 saturated heterocycles. The van der Waals surface area contributed by atoms with Crippen molar-refractivity contribution in [2.45, 2.75) is 45.4 Å². The average Bonchev–Trinajstić information content (AvgIpc) is 2.59. The van der Waals surface area contributed by atoms with Crippen molar-refractivity contribution in [3.8, 4) is 5.75 Å². The Morgan fingerprint density at radius 3 is 2.31 bits per heavy atom. The van der Waals surface area contributed by atoms with Gasteiger partial charge in [0.15, 0.2) is 0 Å². The second kappa shape index (κ2) is 8.27. The maximum atomic E-state index is 12.4. The minimum atomic E-state index is -1.94. The molecule has 2 aromatic rings. The molecule has 26 heavy (non-hydrogen) atoms. The van der Waals surface area contributed by atoms with E-state index >= 15 is 0 Å². The molecule has 0 aliphatic heterocycles. The molecule has 140 valence electrons. The third kappa shape index (κ3) is 5.12. The van der Waals surface area contributed by atoms with Crippen molar-refractivity contribution in [1.82, 2.24) is 0 Å². The molecule has 3 nitrogen and oxygen atoms in total. The molecule has 1 amide bonds. The number of halogens is 1. The lowest BCUT2D eigenvalue weighted by Gasteiger charge is -2.36. The molecule has 0 radical (unpaired) electrons. The summed E-state index contributed by atoms with van der Waals surface area (Å²) in [5.74, 6) is 0.620. The number of rotatable bonds is 6. The molecule has 5 heteroatoms. The fourth-order valence-corrected chi connectivity index (χ4v) is 3.49. The van der Waals surface area contributed by atoms with E-state index in [9.17, 15) is 4.79 Å². The van der Waals surface area contributed by atoms with E-state index in [4.69, 9.17) is 16.0 Å². The van der Waals surface area contributed by atoms with Crippen LogP contribution in [0.15, 0.2) is 54.6 Å². The van der Waals surface area contributed by atoms with Crippen LogP contribution < -0.4 is 9.33 Å². The highest BCUT2D eigenvalue weighted by Crippen LogP contribution is 2.38. The Kier molecular flexibility index (Phi) is 6.53. The molecule has 0 unspecified atom stereocenters. The third-order valence-electron chi connectivity index (χ3n) is 4.91. The Labute approximate surface area is 163 Å². The van der Waals surface area contributed by atoms with Crippen molar-refractivity contribution in [1.29, 1.82) is 0 Å². The summed E-state index contributed by atoms with van der Waals surface area (Å²) in [5.41, 5.74) is 1.86. The summed E-state index contributed by atoms with van der Waals surface area (Å²) in [7, 11) is -1.94. The van der Waals surface area contributed by atoms with E-state index in [2.05, 4.69) is 33.9 Å². The number of carbonyl (C=O) groups excluding carboxylic acids is 1. The summed E-state index contributed by atoms with van der Waals surface area (Å²) in [6.45, 7) is 11.5. The van der Waals surface area contributed by atoms with Crippen molar-refractivity contribution < 1.29 is 9.22 Å². The quantitative estimate of drug-likeness (QED) is 0.458. The van der Waals surface area contributed by atoms with Crippen molar-refractivity contribution in [3.05, 3.63) is 60.2 Å². The van der Waals surface area contributed by atoms with Gasteiger partial charge in [0.1, 0.15) is 11.6 Å². The van der Waals surface area contributed by atoms with Gasteiger partial charge in [0.2, 0.25) is 14.2 Å². The smallest absolute Gasteiger partial charge is 0.250 e. The minimum absolute atomic E-state index is 0.0554. The zero-order valence-corrected chi connectivity index (χ0v) is 18.0. The molecule has 0 bridgehead atoms. The van der Waals surface area contributed by atoms with Crippen molar-refractivity contribution >= 4 is 31.5 Å². The van der Waals surface area contributed by atoms with Gasteiger partial charge < -0.3 is 9.33 Å². The molecule has 0 N–H and O–H groups in total. The van der Waals surface area contributed by atoms with Gasteiger partial charge in [0.05, 0.1) is 6.54 Å². The van der Waals surface area contributed by atoms with Crippen molar-refractivity contribution in [2.24, 2.45) is 0 Å². The number of anilines is 1. The van der Waals surface area contributed by atoms with Crippen LogP contribution in [-0.2, 0) is 11.3 Å². The first kappa shape index (κ1) is 20.5. The third-order valence-corrected chi connectivity index (χ3v) is 9.49. The lowest BCUT2D eigenvalue weighted by molar-refractivity contribution is -0.116. The van der Waals surface area contributed by atoms with Gasteiger partial charge in [-0.2, -0.15) is 0 Å². The Balaban J connectivity index is 2.30. The van der Waals surface area contributed by atoms with Crippen LogP contribution in [0.25, 0.3) is 0 Å². The monoisotopic (exact) mass is 389 g/mol. The molecule has 0 fully saturated rings. The van der Waals surface area contributed by atoms with E-state index in [-0.39, 0.29) is 16.8 Å². The number of hydrogen-bond acceptors (Lipinski definition) is 2. The molecule has 0 saturated carbocycles. The molecule has 0 aromatic heterocycles. The Morgan fingerprint density at radius 1 is 1.08 bits per heavy atom. The Bertz CT molecular complexity index is 741. The van der Waals surface area contributed by atoms with Gasteiger partial charge in [0, 0.05) is 11.8 Å². The Hall–Kier alpha value is -1.78. The van der Waals surface area contributed by atoms with Gasteiger partial charge in [-0.15, -0.1) is 11.6 Å². The molecule has 0 aliphatic carbocycles. The first-order valence-electron chi connectivity index (χ1n) is 8.83. The first-order chi connectivity index (χ1) is 12.1. The SMILES string of the molecule is CC(C)(C)[Si](C)(C)Oc1cccc(N(Cc2ccccc2)C(=O)CCl)c1. The van der Waals surface area contributed by atoms with E-state index in [0.717, 1.165) is 17.0 Å². The van der Waals surface area contributed by atoms with Crippen molar-refractivity contribution in [3.63, 3.8) is 0 Å². The van der Waals surface area contributed by atoms with E-state index in [1.54, 1.807) is 4.90 Å². The first-order valence-corrected chi connectivity index (χ1v) is 12.3. The lowest BCUT2D eigenvalue weighted by Crippen LogP contribution is -2.43. The second-order valence-corrected chi connectivity index (χ2v) is 13.0. The van der Waals surface area contributed by atoms with Crippen LogP contribution in [-0.4, -0.2) is 20.1 Å². The molecule has 0 aliphatic rings. The summed E-state index contributed by atoms with van der Waals surface area (Å²) in [5, 5.41) is 0.110. The molecule has 2 aromatic carbocycles. The average molecular weight is 390 g/mol. The van der Waals surface area contributed by atoms with Crippen LogP contribution in [0.1, 0.15) is 26.3 Å². The van der Waals surface area contributed by atoms with Crippen LogP contribution in [0.4, 0.5) is 5.69 Å². The van der Waals surface area contributed by atoms with Gasteiger partial charge in [-0.05, 0) is 35.8 Å². The van der Waals surface area contributed by atoms with Crippen LogP contribution in [0.2, 0.25) is 18.1 Å². The van der Waals surface area contributed by atoms with Gasteiger partial charge in [0.25, 0.3) is 0 Å². The summed E-state index contributed by atoms with van der Waals surface area (Å²) >= 11 is 5.85. The fraction of sp³-hybridized carbons (Fsp3) is 0.381. The summed E-state index contributed by atoms with van der Waals surface area (Å²) < 4.78 is 6.39. The van der Waals surface area contributed by atoms with Gasteiger partial charge in [-0.1, -0.05) is 57.2 Å². The van der Waals surface area contributed by atoms with Crippen LogP contribution in [0.5, 0.6) is 5.75 Å². The normalized spacial score (nSPS) is 11.9. The molecule has 2 rings (SSSR count). The topological polar surface area (TPSA) is 29.5 Å². The zero-order valence-electron chi connectivity index (χ0n) is 16.3. The van der Waals surface area contributed by atoms with Crippen LogP contribution in [0.3, 0.4) is 0 Å². The maximum Gasteiger partial charge on any atom is 0.250 e. The minimum Gasteiger partial charge on any atom is -0.543 e. The number of hydrogen-bond donors (Lipinski definition) is 0. The predicted molar refractivity (Wildman–Crippen MR) is 113 cm³/mol. The summed E-state index contributed by atoms with van der Waals surface area (Å²) in [6, 6.07) is 17.7. The van der Waals surface area contributed by atoms with Gasteiger partial charge >= 0.3 is 0 Å². The number of carbonyl (C=O) groups is 1. The lowest BCUT2D eigenvalue weighted by atomic mass is 10.2. The number of nitrogens with zero attached hydrogens (tertiary/aromatic N) is 1. The highest BCUT2D eigenvalue weighted by molar-refractivity contribution is 6.74. The summed E-state index contributed by atoms with van der Waals surface area (Å²) in [6.07, 6.45) is 0. The molecular weight excluding hydrogens is 362 g/mol. The molecule has 0 heterocycles. The van der Waals surface area contributed by atoms with Crippen LogP contribution in [0, 0.1) is 0 Å². The van der Waals surface area contributed by atoms with Gasteiger partial charge in [-0.25, -0.2) is 0 Å². The molecule has 0 atom stereocenters. The van der Waals surface area contributed by atoms with E-state index < -0.39 is 8.32 Å². The highest BCUT2D eigenvalue weighted by Gasteiger charge is 2.39. The van der Waals surface area contributed by atoms with Crippen LogP contribution >= 0.6 is 11.6 Å². The van der Waals surface area contributed by atoms with E-state index in [0.29, 0.717) is 6.54 Å². The zero-order chi connectivity index (χ0) is 19.4. The Morgan fingerprint density at radius 2 is 1.73 bits per heavy atom. The number of alkyl halides is 1. The van der Waals surface area contributed by atoms with E-state index in [1.807, 2.05) is 54.6 Å². The molecular formula is C21H28ClNO2Si. The van der Waals surface area contributed by atoms with Crippen molar-refractivity contribution in [2.75, 3.05) is 10.8 Å².